The summed E-state index contributed by atoms with van der Waals surface area (Å²) >= 11 is 1.16. The third kappa shape index (κ3) is 5.51. The van der Waals surface area contributed by atoms with Crippen LogP contribution in [0.4, 0.5) is 5.69 Å². The molecule has 5 rings (SSSR count). The number of anilines is 1. The third-order valence-corrected chi connectivity index (χ3v) is 6.85. The number of amides is 1. The topological polar surface area (TPSA) is 115 Å². The van der Waals surface area contributed by atoms with Gasteiger partial charge in [0.05, 0.1) is 30.2 Å². The van der Waals surface area contributed by atoms with Gasteiger partial charge in [-0.3, -0.25) is 14.2 Å². The Morgan fingerprint density at radius 3 is 2.44 bits per heavy atom. The van der Waals surface area contributed by atoms with Crippen LogP contribution in [0.25, 0.3) is 27.6 Å². The van der Waals surface area contributed by atoms with E-state index in [1.54, 1.807) is 55.5 Å². The second-order valence-corrected chi connectivity index (χ2v) is 9.43. The van der Waals surface area contributed by atoms with Crippen LogP contribution >= 0.6 is 11.8 Å². The number of hydrogen-bond acceptors (Lipinski definition) is 7. The lowest BCUT2D eigenvalue weighted by Gasteiger charge is -2.13. The maximum Gasteiger partial charge on any atom is 0.338 e. The molecular weight excluding hydrogens is 516 g/mol. The maximum atomic E-state index is 13.7. The van der Waals surface area contributed by atoms with Crippen LogP contribution in [0.15, 0.2) is 82.7 Å². The molecule has 2 N–H and O–H groups in total. The van der Waals surface area contributed by atoms with Crippen molar-refractivity contribution in [3.63, 3.8) is 0 Å². The molecule has 0 fully saturated rings. The second-order valence-electron chi connectivity index (χ2n) is 8.49. The molecule has 3 aromatic carbocycles. The number of aromatic nitrogens is 3. The molecule has 0 saturated heterocycles. The summed E-state index contributed by atoms with van der Waals surface area (Å²) in [5, 5.41) is 4.03. The van der Waals surface area contributed by atoms with Crippen LogP contribution in [0.3, 0.4) is 0 Å². The number of nitrogens with one attached hydrogen (secondary N) is 2. The first-order valence-corrected chi connectivity index (χ1v) is 13.4. The molecule has 0 saturated carbocycles. The molecular formula is C29H26N4O5S. The van der Waals surface area contributed by atoms with E-state index in [2.05, 4.69) is 10.3 Å². The highest BCUT2D eigenvalue weighted by atomic mass is 32.2. The van der Waals surface area contributed by atoms with Gasteiger partial charge < -0.3 is 19.8 Å². The predicted octanol–water partition coefficient (Wildman–Crippen LogP) is 5.17. The van der Waals surface area contributed by atoms with E-state index in [-0.39, 0.29) is 23.8 Å². The minimum Gasteiger partial charge on any atom is -0.494 e. The van der Waals surface area contributed by atoms with Crippen molar-refractivity contribution in [2.45, 2.75) is 19.0 Å². The molecule has 0 radical (unpaired) electrons. The van der Waals surface area contributed by atoms with Gasteiger partial charge in [-0.15, -0.1) is 0 Å². The van der Waals surface area contributed by atoms with E-state index in [0.29, 0.717) is 45.5 Å². The van der Waals surface area contributed by atoms with E-state index >= 15 is 0 Å². The highest BCUT2D eigenvalue weighted by Crippen LogP contribution is 2.27. The zero-order chi connectivity index (χ0) is 27.4. The van der Waals surface area contributed by atoms with Crippen molar-refractivity contribution in [3.8, 4) is 11.4 Å². The van der Waals surface area contributed by atoms with Crippen molar-refractivity contribution < 1.29 is 19.1 Å². The third-order valence-electron chi connectivity index (χ3n) is 5.91. The minimum atomic E-state index is -0.419. The number of H-pyrrole nitrogens is 1. The molecule has 0 aliphatic carbocycles. The molecule has 0 spiro atoms. The summed E-state index contributed by atoms with van der Waals surface area (Å²) in [6.07, 6.45) is 0. The van der Waals surface area contributed by atoms with Crippen LogP contribution < -0.4 is 15.6 Å². The maximum absolute atomic E-state index is 13.7. The number of benzene rings is 3. The van der Waals surface area contributed by atoms with Crippen LogP contribution in [0.5, 0.6) is 5.75 Å². The number of hydrogen-bond donors (Lipinski definition) is 2. The van der Waals surface area contributed by atoms with E-state index in [4.69, 9.17) is 14.5 Å². The Labute approximate surface area is 228 Å². The van der Waals surface area contributed by atoms with Crippen LogP contribution in [0.2, 0.25) is 0 Å². The predicted molar refractivity (Wildman–Crippen MR) is 152 cm³/mol. The number of thioether (sulfide) groups is 1. The van der Waals surface area contributed by atoms with Crippen LogP contribution in [-0.2, 0) is 9.53 Å². The Kier molecular flexibility index (Phi) is 7.64. The van der Waals surface area contributed by atoms with Gasteiger partial charge in [0.25, 0.3) is 5.56 Å². The summed E-state index contributed by atoms with van der Waals surface area (Å²) in [5.74, 6) is 0.000544. The van der Waals surface area contributed by atoms with Crippen molar-refractivity contribution >= 4 is 51.3 Å². The summed E-state index contributed by atoms with van der Waals surface area (Å²) < 4.78 is 12.0. The average molecular weight is 543 g/mol. The summed E-state index contributed by atoms with van der Waals surface area (Å²) in [4.78, 5) is 46.4. The fourth-order valence-electron chi connectivity index (χ4n) is 4.16. The van der Waals surface area contributed by atoms with Crippen molar-refractivity contribution in [1.29, 1.82) is 0 Å². The number of nitrogens with zero attached hydrogens (tertiary/aromatic N) is 2. The van der Waals surface area contributed by atoms with E-state index in [0.717, 1.165) is 22.7 Å². The van der Waals surface area contributed by atoms with E-state index in [1.165, 1.54) is 4.57 Å². The van der Waals surface area contributed by atoms with Crippen molar-refractivity contribution in [3.05, 3.63) is 88.7 Å². The molecule has 2 aromatic heterocycles. The summed E-state index contributed by atoms with van der Waals surface area (Å²) in [5.41, 5.74) is 3.03. The van der Waals surface area contributed by atoms with Crippen molar-refractivity contribution in [1.82, 2.24) is 14.5 Å². The zero-order valence-corrected chi connectivity index (χ0v) is 22.2. The van der Waals surface area contributed by atoms with Gasteiger partial charge in [0.1, 0.15) is 16.8 Å². The van der Waals surface area contributed by atoms with Gasteiger partial charge >= 0.3 is 5.97 Å². The molecule has 0 bridgehead atoms. The number of para-hydroxylation sites is 1. The smallest absolute Gasteiger partial charge is 0.338 e. The highest BCUT2D eigenvalue weighted by molar-refractivity contribution is 7.99. The molecule has 0 aliphatic heterocycles. The van der Waals surface area contributed by atoms with Crippen LogP contribution in [0, 0.1) is 0 Å². The Bertz CT molecular complexity index is 1710. The standard InChI is InChI=1S/C29H26N4O5S/c1-3-37-21-15-13-20(14-16-21)33-27(35)26-25(22-7-5-6-8-23(22)31-26)32-29(33)39-17-24(34)30-19-11-9-18(10-12-19)28(36)38-4-2/h5-16,31H,3-4,17H2,1-2H3,(H,30,34). The molecule has 198 valence electrons. The molecule has 2 heterocycles. The number of esters is 1. The van der Waals surface area contributed by atoms with Gasteiger partial charge in [-0.1, -0.05) is 30.0 Å². The molecule has 5 aromatic rings. The fourth-order valence-corrected chi connectivity index (χ4v) is 4.96. The number of fused-ring (bicyclic) bond motifs is 3. The summed E-state index contributed by atoms with van der Waals surface area (Å²) in [6.45, 7) is 4.46. The van der Waals surface area contributed by atoms with Gasteiger partial charge in [-0.2, -0.15) is 0 Å². The van der Waals surface area contributed by atoms with Gasteiger partial charge in [-0.25, -0.2) is 9.78 Å². The Hall–Kier alpha value is -4.57. The molecule has 9 nitrogen and oxygen atoms in total. The number of carbonyl (C=O) groups is 2. The first kappa shape index (κ1) is 26.1. The average Bonchev–Trinajstić information content (AvgIpc) is 3.32. The lowest BCUT2D eigenvalue weighted by Crippen LogP contribution is -2.23. The largest absolute Gasteiger partial charge is 0.494 e. The van der Waals surface area contributed by atoms with Crippen LogP contribution in [-0.4, -0.2) is 45.4 Å². The molecule has 39 heavy (non-hydrogen) atoms. The quantitative estimate of drug-likeness (QED) is 0.150. The first-order chi connectivity index (χ1) is 19.0. The first-order valence-electron chi connectivity index (χ1n) is 12.4. The van der Waals surface area contributed by atoms with E-state index in [1.807, 2.05) is 31.2 Å². The van der Waals surface area contributed by atoms with Gasteiger partial charge in [-0.05, 0) is 68.4 Å². The normalized spacial score (nSPS) is 11.0. The monoisotopic (exact) mass is 542 g/mol. The number of aromatic amines is 1. The Balaban J connectivity index is 1.44. The Morgan fingerprint density at radius 1 is 0.974 bits per heavy atom. The van der Waals surface area contributed by atoms with E-state index < -0.39 is 5.97 Å². The Morgan fingerprint density at radius 2 is 1.72 bits per heavy atom. The zero-order valence-electron chi connectivity index (χ0n) is 21.4. The summed E-state index contributed by atoms with van der Waals surface area (Å²) in [7, 11) is 0. The fraction of sp³-hybridized carbons (Fsp3) is 0.172. The van der Waals surface area contributed by atoms with Crippen molar-refractivity contribution in [2.24, 2.45) is 0 Å². The minimum absolute atomic E-state index is 0.0109. The number of ether oxygens (including phenoxy) is 2. The number of carbonyl (C=O) groups excluding carboxylic acids is 2. The SMILES string of the molecule is CCOC(=O)c1ccc(NC(=O)CSc2nc3c([nH]c4ccccc43)c(=O)n2-c2ccc(OCC)cc2)cc1. The molecule has 0 unspecified atom stereocenters. The summed E-state index contributed by atoms with van der Waals surface area (Å²) in [6, 6.07) is 21.2. The molecule has 1 amide bonds. The lowest BCUT2D eigenvalue weighted by atomic mass is 10.2. The van der Waals surface area contributed by atoms with Crippen LogP contribution in [0.1, 0.15) is 24.2 Å². The van der Waals surface area contributed by atoms with Gasteiger partial charge in [0, 0.05) is 16.6 Å². The molecule has 10 heteroatoms. The number of rotatable bonds is 9. The van der Waals surface area contributed by atoms with Crippen molar-refractivity contribution in [2.75, 3.05) is 24.3 Å². The van der Waals surface area contributed by atoms with E-state index in [9.17, 15) is 14.4 Å². The molecule has 0 atom stereocenters. The van der Waals surface area contributed by atoms with Gasteiger partial charge in [0.2, 0.25) is 5.91 Å². The second kappa shape index (κ2) is 11.4. The molecule has 0 aliphatic rings. The highest BCUT2D eigenvalue weighted by Gasteiger charge is 2.18. The lowest BCUT2D eigenvalue weighted by molar-refractivity contribution is -0.113. The van der Waals surface area contributed by atoms with Gasteiger partial charge in [0.15, 0.2) is 5.16 Å².